The van der Waals surface area contributed by atoms with Crippen molar-refractivity contribution in [3.8, 4) is 0 Å². The Morgan fingerprint density at radius 2 is 2.16 bits per heavy atom. The number of rotatable bonds is 3. The number of para-hydroxylation sites is 1. The van der Waals surface area contributed by atoms with E-state index < -0.39 is 0 Å². The van der Waals surface area contributed by atoms with Gasteiger partial charge in [0.05, 0.1) is 28.7 Å². The molecule has 1 unspecified atom stereocenters. The molecular formula is C14H12Cl2N2O. The number of imidazole rings is 1. The molecule has 3 nitrogen and oxygen atoms in total. The average Bonchev–Trinajstić information content (AvgIpc) is 2.99. The Kier molecular flexibility index (Phi) is 3.25. The number of halogens is 2. The third kappa shape index (κ3) is 2.24. The van der Waals surface area contributed by atoms with E-state index in [1.54, 1.807) is 6.26 Å². The van der Waals surface area contributed by atoms with Crippen LogP contribution in [0.4, 0.5) is 0 Å². The van der Waals surface area contributed by atoms with E-state index in [4.69, 9.17) is 27.6 Å². The van der Waals surface area contributed by atoms with Gasteiger partial charge in [-0.1, -0.05) is 17.7 Å². The minimum Gasteiger partial charge on any atom is -0.467 e. The van der Waals surface area contributed by atoms with Crippen molar-refractivity contribution in [3.05, 3.63) is 53.2 Å². The smallest absolute Gasteiger partial charge is 0.128 e. The first-order chi connectivity index (χ1) is 9.16. The Bertz CT molecular complexity index is 702. The van der Waals surface area contributed by atoms with Gasteiger partial charge in [-0.25, -0.2) is 4.98 Å². The van der Waals surface area contributed by atoms with Gasteiger partial charge in [0.2, 0.25) is 0 Å². The highest BCUT2D eigenvalue weighted by molar-refractivity contribution is 6.35. The lowest BCUT2D eigenvalue weighted by molar-refractivity contribution is 0.492. The molecule has 0 aliphatic carbocycles. The molecule has 2 aromatic heterocycles. The summed E-state index contributed by atoms with van der Waals surface area (Å²) in [5.41, 5.74) is 1.74. The molecule has 0 aliphatic heterocycles. The number of fused-ring (bicyclic) bond motifs is 1. The lowest BCUT2D eigenvalue weighted by atomic mass is 10.3. The van der Waals surface area contributed by atoms with E-state index in [9.17, 15) is 0 Å². The molecule has 0 N–H and O–H groups in total. The van der Waals surface area contributed by atoms with Crippen LogP contribution in [0, 0.1) is 0 Å². The quantitative estimate of drug-likeness (QED) is 0.659. The molecule has 0 amide bonds. The van der Waals surface area contributed by atoms with E-state index in [-0.39, 0.29) is 5.38 Å². The molecule has 19 heavy (non-hydrogen) atoms. The van der Waals surface area contributed by atoms with Gasteiger partial charge in [-0.3, -0.25) is 0 Å². The van der Waals surface area contributed by atoms with Crippen molar-refractivity contribution >= 4 is 34.2 Å². The van der Waals surface area contributed by atoms with E-state index in [0.717, 1.165) is 22.6 Å². The summed E-state index contributed by atoms with van der Waals surface area (Å²) < 4.78 is 7.44. The predicted octanol–water partition coefficient (Wildman–Crippen LogP) is 4.63. The maximum Gasteiger partial charge on any atom is 0.128 e. The molecular weight excluding hydrogens is 283 g/mol. The largest absolute Gasteiger partial charge is 0.467 e. The highest BCUT2D eigenvalue weighted by Crippen LogP contribution is 2.29. The Balaban J connectivity index is 2.19. The number of benzene rings is 1. The van der Waals surface area contributed by atoms with Gasteiger partial charge in [-0.2, -0.15) is 0 Å². The number of hydrogen-bond donors (Lipinski definition) is 0. The molecule has 0 radical (unpaired) electrons. The van der Waals surface area contributed by atoms with Gasteiger partial charge in [0.25, 0.3) is 0 Å². The zero-order valence-corrected chi connectivity index (χ0v) is 11.8. The molecule has 3 aromatic rings. The van der Waals surface area contributed by atoms with Crippen molar-refractivity contribution in [2.24, 2.45) is 0 Å². The lowest BCUT2D eigenvalue weighted by Crippen LogP contribution is -2.05. The Hall–Kier alpha value is -1.45. The molecule has 0 aliphatic rings. The number of alkyl halides is 1. The molecule has 5 heteroatoms. The third-order valence-corrected chi connectivity index (χ3v) is 3.51. The Morgan fingerprint density at radius 1 is 1.32 bits per heavy atom. The van der Waals surface area contributed by atoms with Gasteiger partial charge in [-0.05, 0) is 31.2 Å². The minimum atomic E-state index is -0.196. The summed E-state index contributed by atoms with van der Waals surface area (Å²) in [6, 6.07) is 9.52. The van der Waals surface area contributed by atoms with Crippen molar-refractivity contribution < 1.29 is 4.42 Å². The van der Waals surface area contributed by atoms with Crippen LogP contribution < -0.4 is 0 Å². The monoisotopic (exact) mass is 294 g/mol. The zero-order chi connectivity index (χ0) is 13.4. The van der Waals surface area contributed by atoms with Crippen molar-refractivity contribution in [1.29, 1.82) is 0 Å². The molecule has 98 valence electrons. The highest BCUT2D eigenvalue weighted by atomic mass is 35.5. The average molecular weight is 295 g/mol. The Morgan fingerprint density at radius 3 is 2.84 bits per heavy atom. The SMILES string of the molecule is CC(Cl)c1nc2c(Cl)cccc2n1Cc1ccco1. The van der Waals surface area contributed by atoms with Crippen LogP contribution in [0.25, 0.3) is 11.0 Å². The fraction of sp³-hybridized carbons (Fsp3) is 0.214. The summed E-state index contributed by atoms with van der Waals surface area (Å²) in [6.07, 6.45) is 1.66. The van der Waals surface area contributed by atoms with E-state index in [0.29, 0.717) is 11.6 Å². The maximum absolute atomic E-state index is 6.22. The van der Waals surface area contributed by atoms with Gasteiger partial charge in [0.15, 0.2) is 0 Å². The maximum atomic E-state index is 6.22. The molecule has 0 saturated heterocycles. The van der Waals surface area contributed by atoms with E-state index in [1.807, 2.05) is 41.8 Å². The minimum absolute atomic E-state index is 0.196. The molecule has 1 aromatic carbocycles. The molecule has 0 bridgehead atoms. The molecule has 0 saturated carbocycles. The summed E-state index contributed by atoms with van der Waals surface area (Å²) in [7, 11) is 0. The van der Waals surface area contributed by atoms with Crippen LogP contribution in [0.2, 0.25) is 5.02 Å². The highest BCUT2D eigenvalue weighted by Gasteiger charge is 2.17. The van der Waals surface area contributed by atoms with E-state index in [2.05, 4.69) is 4.98 Å². The molecule has 2 heterocycles. The van der Waals surface area contributed by atoms with Gasteiger partial charge >= 0.3 is 0 Å². The summed E-state index contributed by atoms with van der Waals surface area (Å²) in [5, 5.41) is 0.438. The third-order valence-electron chi connectivity index (χ3n) is 3.01. The molecule has 3 rings (SSSR count). The normalized spacial score (nSPS) is 13.0. The van der Waals surface area contributed by atoms with Gasteiger partial charge in [0, 0.05) is 0 Å². The van der Waals surface area contributed by atoms with Crippen molar-refractivity contribution in [2.45, 2.75) is 18.8 Å². The van der Waals surface area contributed by atoms with Crippen molar-refractivity contribution in [2.75, 3.05) is 0 Å². The first-order valence-corrected chi connectivity index (χ1v) is 6.79. The first-order valence-electron chi connectivity index (χ1n) is 5.98. The van der Waals surface area contributed by atoms with E-state index in [1.165, 1.54) is 0 Å². The van der Waals surface area contributed by atoms with Gasteiger partial charge in [-0.15, -0.1) is 11.6 Å². The van der Waals surface area contributed by atoms with Crippen LogP contribution in [0.3, 0.4) is 0 Å². The van der Waals surface area contributed by atoms with Crippen LogP contribution in [-0.4, -0.2) is 9.55 Å². The zero-order valence-electron chi connectivity index (χ0n) is 10.3. The van der Waals surface area contributed by atoms with Crippen LogP contribution in [-0.2, 0) is 6.54 Å². The molecule has 0 spiro atoms. The van der Waals surface area contributed by atoms with Crippen LogP contribution >= 0.6 is 23.2 Å². The topological polar surface area (TPSA) is 31.0 Å². The second kappa shape index (κ2) is 4.91. The Labute approximate surface area is 120 Å². The first kappa shape index (κ1) is 12.6. The number of aromatic nitrogens is 2. The summed E-state index contributed by atoms with van der Waals surface area (Å²) in [4.78, 5) is 4.55. The lowest BCUT2D eigenvalue weighted by Gasteiger charge is -2.08. The number of nitrogens with zero attached hydrogens (tertiary/aromatic N) is 2. The second-order valence-corrected chi connectivity index (χ2v) is 5.42. The van der Waals surface area contributed by atoms with Gasteiger partial charge < -0.3 is 8.98 Å². The van der Waals surface area contributed by atoms with Crippen LogP contribution in [0.15, 0.2) is 41.0 Å². The number of furan rings is 1. The van der Waals surface area contributed by atoms with Gasteiger partial charge in [0.1, 0.15) is 17.1 Å². The summed E-state index contributed by atoms with van der Waals surface area (Å²) in [6.45, 7) is 2.49. The van der Waals surface area contributed by atoms with Crippen molar-refractivity contribution in [1.82, 2.24) is 9.55 Å². The molecule has 0 fully saturated rings. The fourth-order valence-electron chi connectivity index (χ4n) is 2.16. The standard InChI is InChI=1S/C14H12Cl2N2O/c1-9(15)14-17-13-11(16)5-2-6-12(13)18(14)8-10-4-3-7-19-10/h2-7,9H,8H2,1H3. The summed E-state index contributed by atoms with van der Waals surface area (Å²) >= 11 is 12.4. The fourth-order valence-corrected chi connectivity index (χ4v) is 2.54. The second-order valence-electron chi connectivity index (χ2n) is 4.36. The molecule has 1 atom stereocenters. The van der Waals surface area contributed by atoms with Crippen LogP contribution in [0.5, 0.6) is 0 Å². The van der Waals surface area contributed by atoms with Crippen molar-refractivity contribution in [3.63, 3.8) is 0 Å². The van der Waals surface area contributed by atoms with E-state index >= 15 is 0 Å². The predicted molar refractivity (Wildman–Crippen MR) is 76.8 cm³/mol. The summed E-state index contributed by atoms with van der Waals surface area (Å²) in [5.74, 6) is 1.65. The number of hydrogen-bond acceptors (Lipinski definition) is 2. The van der Waals surface area contributed by atoms with Crippen LogP contribution in [0.1, 0.15) is 23.9 Å².